The Labute approximate surface area is 162 Å². The van der Waals surface area contributed by atoms with Crippen LogP contribution in [0.25, 0.3) is 0 Å². The molecule has 1 N–H and O–H groups in total. The summed E-state index contributed by atoms with van der Waals surface area (Å²) in [6, 6.07) is 6.83. The Balaban J connectivity index is 1.71. The molecule has 4 rings (SSSR count). The number of hydrogen-bond donors (Lipinski definition) is 0. The summed E-state index contributed by atoms with van der Waals surface area (Å²) in [4.78, 5) is 3.67. The molecule has 1 aromatic heterocycles. The highest BCUT2D eigenvalue weighted by molar-refractivity contribution is 7.77. The van der Waals surface area contributed by atoms with Gasteiger partial charge in [0, 0.05) is 19.4 Å². The van der Waals surface area contributed by atoms with Crippen LogP contribution in [0.1, 0.15) is 102 Å². The highest BCUT2D eigenvalue weighted by atomic mass is 31.2. The predicted octanol–water partition coefficient (Wildman–Crippen LogP) is 7.02. The Morgan fingerprint density at radius 1 is 0.654 bits per heavy atom. The fourth-order valence-electron chi connectivity index (χ4n) is 6.79. The van der Waals surface area contributed by atoms with E-state index in [1.807, 2.05) is 0 Å². The molecule has 0 aliphatic heterocycles. The van der Waals surface area contributed by atoms with E-state index in [1.165, 1.54) is 63.9 Å². The zero-order chi connectivity index (χ0) is 17.7. The van der Waals surface area contributed by atoms with Crippen LogP contribution in [0.2, 0.25) is 0 Å². The summed E-state index contributed by atoms with van der Waals surface area (Å²) in [6.07, 6.45) is 26.6. The molecule has 1 aromatic rings. The first-order chi connectivity index (χ1) is 12.9. The molecule has 0 radical (unpaired) electrons. The molecular formula is C24H40NP+2. The van der Waals surface area contributed by atoms with E-state index in [0.717, 1.165) is 17.0 Å². The number of rotatable bonds is 5. The van der Waals surface area contributed by atoms with Gasteiger partial charge in [-0.05, 0) is 83.1 Å². The van der Waals surface area contributed by atoms with E-state index in [-0.39, 0.29) is 0 Å². The van der Waals surface area contributed by atoms with Gasteiger partial charge in [-0.1, -0.05) is 19.3 Å². The van der Waals surface area contributed by atoms with E-state index in [9.17, 15) is 0 Å². The summed E-state index contributed by atoms with van der Waals surface area (Å²) >= 11 is 0. The third-order valence-corrected chi connectivity index (χ3v) is 14.5. The van der Waals surface area contributed by atoms with Gasteiger partial charge in [-0.3, -0.25) is 0 Å². The maximum Gasteiger partial charge on any atom is 0.217 e. The molecule has 3 aliphatic carbocycles. The van der Waals surface area contributed by atoms with Crippen LogP contribution in [0.3, 0.4) is 0 Å². The quantitative estimate of drug-likeness (QED) is 0.493. The summed E-state index contributed by atoms with van der Waals surface area (Å²) in [5.74, 6) is 0. The van der Waals surface area contributed by atoms with Gasteiger partial charge in [0.2, 0.25) is 5.69 Å². The molecule has 1 nitrogen and oxygen atoms in total. The second-order valence-electron chi connectivity index (χ2n) is 9.42. The minimum Gasteiger partial charge on any atom is -0.212 e. The van der Waals surface area contributed by atoms with Crippen molar-refractivity contribution in [1.29, 1.82) is 0 Å². The molecule has 0 unspecified atom stereocenters. The molecule has 0 spiro atoms. The van der Waals surface area contributed by atoms with Crippen LogP contribution in [-0.4, -0.2) is 17.0 Å². The zero-order valence-electron chi connectivity index (χ0n) is 16.8. The summed E-state index contributed by atoms with van der Waals surface area (Å²) in [5.41, 5.74) is 4.84. The van der Waals surface area contributed by atoms with Crippen molar-refractivity contribution in [2.75, 3.05) is 0 Å². The molecule has 1 heterocycles. The number of aromatic amines is 1. The van der Waals surface area contributed by atoms with Crippen molar-refractivity contribution in [1.82, 2.24) is 0 Å². The second kappa shape index (κ2) is 9.18. The third kappa shape index (κ3) is 4.04. The van der Waals surface area contributed by atoms with E-state index < -0.39 is 7.26 Å². The van der Waals surface area contributed by atoms with E-state index in [4.69, 9.17) is 0 Å². The van der Waals surface area contributed by atoms with Crippen molar-refractivity contribution in [2.45, 2.75) is 119 Å². The minimum absolute atomic E-state index is 0.976. The smallest absolute Gasteiger partial charge is 0.212 e. The van der Waals surface area contributed by atoms with Gasteiger partial charge in [0.05, 0.1) is 17.0 Å². The molecule has 3 fully saturated rings. The first-order valence-corrected chi connectivity index (χ1v) is 13.9. The SMILES string of the molecule is c1ccc(C[P+](C2CCCCC2)(C2CCCCC2)C2CCCCC2)[nH+]c1. The van der Waals surface area contributed by atoms with Crippen LogP contribution in [0.15, 0.2) is 24.4 Å². The molecule has 0 amide bonds. The second-order valence-corrected chi connectivity index (χ2v) is 13.9. The number of pyridine rings is 1. The lowest BCUT2D eigenvalue weighted by Gasteiger charge is -2.48. The lowest BCUT2D eigenvalue weighted by Crippen LogP contribution is -2.37. The molecule has 2 heteroatoms. The number of H-pyrrole nitrogens is 1. The summed E-state index contributed by atoms with van der Waals surface area (Å²) in [6.45, 7) is 0. The summed E-state index contributed by atoms with van der Waals surface area (Å²) < 4.78 is 0. The van der Waals surface area contributed by atoms with Crippen LogP contribution >= 0.6 is 7.26 Å². The van der Waals surface area contributed by atoms with Crippen molar-refractivity contribution < 1.29 is 4.98 Å². The van der Waals surface area contributed by atoms with Crippen molar-refractivity contribution in [3.63, 3.8) is 0 Å². The molecular weight excluding hydrogens is 333 g/mol. The average molecular weight is 374 g/mol. The van der Waals surface area contributed by atoms with Crippen molar-refractivity contribution >= 4 is 7.26 Å². The summed E-state index contributed by atoms with van der Waals surface area (Å²) in [7, 11) is -0.976. The van der Waals surface area contributed by atoms with Crippen LogP contribution < -0.4 is 4.98 Å². The Hall–Kier alpha value is -0.420. The first kappa shape index (κ1) is 18.9. The largest absolute Gasteiger partial charge is 0.217 e. The molecule has 26 heavy (non-hydrogen) atoms. The molecule has 0 atom stereocenters. The Bertz CT molecular complexity index is 479. The Kier molecular flexibility index (Phi) is 6.68. The molecule has 0 bridgehead atoms. The number of nitrogens with one attached hydrogen (secondary N) is 1. The fourth-order valence-corrected chi connectivity index (χ4v) is 14.1. The highest BCUT2D eigenvalue weighted by Crippen LogP contribution is 2.78. The van der Waals surface area contributed by atoms with E-state index in [0.29, 0.717) is 0 Å². The van der Waals surface area contributed by atoms with Gasteiger partial charge in [0.15, 0.2) is 6.20 Å². The fraction of sp³-hybridized carbons (Fsp3) is 0.792. The lowest BCUT2D eigenvalue weighted by atomic mass is 9.99. The summed E-state index contributed by atoms with van der Waals surface area (Å²) in [5, 5.41) is 0. The van der Waals surface area contributed by atoms with Gasteiger partial charge in [-0.25, -0.2) is 4.98 Å². The van der Waals surface area contributed by atoms with Crippen LogP contribution in [0, 0.1) is 0 Å². The molecule has 3 saturated carbocycles. The normalized spacial score (nSPS) is 24.6. The average Bonchev–Trinajstić information content (AvgIpc) is 2.75. The number of hydrogen-bond acceptors (Lipinski definition) is 0. The Morgan fingerprint density at radius 3 is 1.50 bits per heavy atom. The van der Waals surface area contributed by atoms with Crippen LogP contribution in [-0.2, 0) is 6.16 Å². The zero-order valence-corrected chi connectivity index (χ0v) is 17.7. The number of aromatic nitrogens is 1. The monoisotopic (exact) mass is 373 g/mol. The van der Waals surface area contributed by atoms with Crippen LogP contribution in [0.5, 0.6) is 0 Å². The maximum absolute atomic E-state index is 3.67. The highest BCUT2D eigenvalue weighted by Gasteiger charge is 2.57. The standard InChI is InChI=1S/C24H39NP/c1-4-13-22(14-5-1)26(23-15-6-2-7-16-23,24-17-8-3-9-18-24)20-21-12-10-11-19-25-21/h10-12,19,22-24H,1-9,13-18,20H2/q+1/p+1. The van der Waals surface area contributed by atoms with Gasteiger partial charge in [0.25, 0.3) is 0 Å². The van der Waals surface area contributed by atoms with E-state index in [2.05, 4.69) is 29.4 Å². The maximum atomic E-state index is 3.67. The molecule has 3 aliphatic rings. The first-order valence-electron chi connectivity index (χ1n) is 11.7. The van der Waals surface area contributed by atoms with Gasteiger partial charge >= 0.3 is 0 Å². The van der Waals surface area contributed by atoms with Crippen molar-refractivity contribution in [3.8, 4) is 0 Å². The Morgan fingerprint density at radius 2 is 1.12 bits per heavy atom. The van der Waals surface area contributed by atoms with E-state index >= 15 is 0 Å². The molecule has 144 valence electrons. The topological polar surface area (TPSA) is 14.1 Å². The molecule has 0 saturated heterocycles. The van der Waals surface area contributed by atoms with E-state index in [1.54, 1.807) is 44.2 Å². The van der Waals surface area contributed by atoms with Gasteiger partial charge in [-0.15, -0.1) is 0 Å². The van der Waals surface area contributed by atoms with Gasteiger partial charge < -0.3 is 0 Å². The third-order valence-electron chi connectivity index (χ3n) is 7.98. The van der Waals surface area contributed by atoms with Crippen LogP contribution in [0.4, 0.5) is 0 Å². The van der Waals surface area contributed by atoms with Crippen molar-refractivity contribution in [3.05, 3.63) is 30.1 Å². The van der Waals surface area contributed by atoms with Crippen molar-refractivity contribution in [2.24, 2.45) is 0 Å². The molecule has 0 aromatic carbocycles. The van der Waals surface area contributed by atoms with Gasteiger partial charge in [-0.2, -0.15) is 0 Å². The van der Waals surface area contributed by atoms with Gasteiger partial charge in [0.1, 0.15) is 6.16 Å². The minimum atomic E-state index is -0.976. The lowest BCUT2D eigenvalue weighted by molar-refractivity contribution is -0.388. The predicted molar refractivity (Wildman–Crippen MR) is 114 cm³/mol.